The maximum atomic E-state index is 11.9. The number of carbonyl (C=O) groups excluding carboxylic acids is 2. The van der Waals surface area contributed by atoms with Gasteiger partial charge in [0.25, 0.3) is 0 Å². The number of nitrogens with one attached hydrogen (secondary N) is 2. The van der Waals surface area contributed by atoms with Gasteiger partial charge in [-0.15, -0.1) is 0 Å². The Kier molecular flexibility index (Phi) is 14.4. The lowest BCUT2D eigenvalue weighted by atomic mass is 10.1. The minimum absolute atomic E-state index is 0.126. The van der Waals surface area contributed by atoms with Crippen molar-refractivity contribution in [2.45, 2.75) is 76.2 Å². The number of carbonyl (C=O) groups is 3. The summed E-state index contributed by atoms with van der Waals surface area (Å²) in [4.78, 5) is 35.6. The predicted molar refractivity (Wildman–Crippen MR) is 167 cm³/mol. The van der Waals surface area contributed by atoms with Gasteiger partial charge in [0.2, 0.25) is 5.91 Å². The normalized spacial score (nSPS) is 18.6. The number of hydrogen-bond donors (Lipinski definition) is 4. The third kappa shape index (κ3) is 12.0. The van der Waals surface area contributed by atoms with Crippen LogP contribution in [0.15, 0.2) is 48.5 Å². The van der Waals surface area contributed by atoms with Crippen molar-refractivity contribution in [3.8, 4) is 12.1 Å². The predicted octanol–water partition coefficient (Wildman–Crippen LogP) is 5.11. The number of rotatable bonds is 5. The molecule has 0 radical (unpaired) electrons. The van der Waals surface area contributed by atoms with Crippen molar-refractivity contribution in [1.29, 1.82) is 10.5 Å². The summed E-state index contributed by atoms with van der Waals surface area (Å²) in [5.74, 6) is -1.09. The van der Waals surface area contributed by atoms with E-state index in [0.717, 1.165) is 31.4 Å². The van der Waals surface area contributed by atoms with Crippen LogP contribution in [0.4, 0.5) is 4.79 Å². The summed E-state index contributed by atoms with van der Waals surface area (Å²) in [7, 11) is 0. The SMILES string of the molecule is CC(C)(C)OC(=O)N1CCC[C@H]1C(=O)O.N#CC(N)c1cccc(Cl)c1.N#CC(NC(=O)[C@@H]1CCCN1)c1cccc(Cl)c1. The molecular weight excluding hydrogens is 607 g/mol. The number of aliphatic carboxylic acids is 1. The third-order valence-corrected chi connectivity index (χ3v) is 6.96. The zero-order valence-electron chi connectivity index (χ0n) is 24.9. The Hall–Kier alpha value is -3.87. The molecule has 0 aromatic heterocycles. The number of nitrogens with zero attached hydrogens (tertiary/aromatic N) is 3. The van der Waals surface area contributed by atoms with Gasteiger partial charge in [-0.3, -0.25) is 9.69 Å². The molecule has 0 bridgehead atoms. The lowest BCUT2D eigenvalue weighted by Crippen LogP contribution is -2.43. The monoisotopic (exact) mass is 644 g/mol. The molecule has 5 N–H and O–H groups in total. The van der Waals surface area contributed by atoms with E-state index in [-0.39, 0.29) is 11.9 Å². The van der Waals surface area contributed by atoms with Gasteiger partial charge in [0.05, 0.1) is 18.2 Å². The molecule has 2 aliphatic rings. The molecule has 236 valence electrons. The number of carboxylic acids is 1. The quantitative estimate of drug-likeness (QED) is 0.344. The van der Waals surface area contributed by atoms with E-state index in [1.165, 1.54) is 4.90 Å². The van der Waals surface area contributed by atoms with Crippen molar-refractivity contribution < 1.29 is 24.2 Å². The van der Waals surface area contributed by atoms with E-state index in [4.69, 9.17) is 49.3 Å². The number of hydrogen-bond acceptors (Lipinski definition) is 8. The lowest BCUT2D eigenvalue weighted by molar-refractivity contribution is -0.142. The maximum absolute atomic E-state index is 11.9. The highest BCUT2D eigenvalue weighted by molar-refractivity contribution is 6.30. The average Bonchev–Trinajstić information content (AvgIpc) is 3.68. The van der Waals surface area contributed by atoms with Crippen LogP contribution in [0.1, 0.15) is 69.7 Å². The molecule has 13 heteroatoms. The summed E-state index contributed by atoms with van der Waals surface area (Å²) < 4.78 is 5.13. The number of ether oxygens (including phenoxy) is 1. The van der Waals surface area contributed by atoms with Crippen LogP contribution in [0.5, 0.6) is 0 Å². The highest BCUT2D eigenvalue weighted by Crippen LogP contribution is 2.21. The minimum Gasteiger partial charge on any atom is -0.480 e. The molecule has 4 rings (SSSR count). The number of amides is 2. The first-order chi connectivity index (χ1) is 20.7. The van der Waals surface area contributed by atoms with Gasteiger partial charge in [0.15, 0.2) is 0 Å². The van der Waals surface area contributed by atoms with Crippen LogP contribution in [0.3, 0.4) is 0 Å². The fourth-order valence-corrected chi connectivity index (χ4v) is 4.76. The smallest absolute Gasteiger partial charge is 0.411 e. The number of halogens is 2. The van der Waals surface area contributed by atoms with E-state index in [1.54, 1.807) is 69.3 Å². The lowest BCUT2D eigenvalue weighted by Gasteiger charge is -2.26. The summed E-state index contributed by atoms with van der Waals surface area (Å²) in [5.41, 5.74) is 6.32. The van der Waals surface area contributed by atoms with Gasteiger partial charge >= 0.3 is 12.1 Å². The number of benzene rings is 2. The third-order valence-electron chi connectivity index (χ3n) is 6.49. The highest BCUT2D eigenvalue weighted by atomic mass is 35.5. The number of nitriles is 2. The van der Waals surface area contributed by atoms with Crippen LogP contribution >= 0.6 is 23.2 Å². The Morgan fingerprint density at radius 2 is 1.66 bits per heavy atom. The molecule has 11 nitrogen and oxygen atoms in total. The molecule has 0 spiro atoms. The van der Waals surface area contributed by atoms with Gasteiger partial charge in [-0.25, -0.2) is 9.59 Å². The summed E-state index contributed by atoms with van der Waals surface area (Å²) in [5, 5.41) is 33.5. The van der Waals surface area contributed by atoms with Crippen molar-refractivity contribution in [3.05, 3.63) is 69.7 Å². The van der Waals surface area contributed by atoms with E-state index < -0.39 is 35.8 Å². The van der Waals surface area contributed by atoms with Crippen LogP contribution in [0, 0.1) is 22.7 Å². The molecule has 2 aromatic rings. The molecule has 2 unspecified atom stereocenters. The van der Waals surface area contributed by atoms with Gasteiger partial charge < -0.3 is 26.2 Å². The highest BCUT2D eigenvalue weighted by Gasteiger charge is 2.36. The van der Waals surface area contributed by atoms with Crippen molar-refractivity contribution in [2.24, 2.45) is 5.73 Å². The van der Waals surface area contributed by atoms with Crippen LogP contribution in [0.25, 0.3) is 0 Å². The topological polar surface area (TPSA) is 182 Å². The molecule has 2 saturated heterocycles. The van der Waals surface area contributed by atoms with Crippen molar-refractivity contribution in [3.63, 3.8) is 0 Å². The summed E-state index contributed by atoms with van der Waals surface area (Å²) >= 11 is 11.6. The van der Waals surface area contributed by atoms with E-state index >= 15 is 0 Å². The van der Waals surface area contributed by atoms with Crippen molar-refractivity contribution in [2.75, 3.05) is 13.1 Å². The van der Waals surface area contributed by atoms with Crippen LogP contribution in [-0.2, 0) is 14.3 Å². The molecular formula is C31H38Cl2N6O5. The number of carboxylic acid groups (broad SMARTS) is 1. The fraction of sp³-hybridized carbons (Fsp3) is 0.452. The number of nitrogens with two attached hydrogens (primary N) is 1. The van der Waals surface area contributed by atoms with Gasteiger partial charge in [-0.2, -0.15) is 10.5 Å². The Morgan fingerprint density at radius 3 is 2.16 bits per heavy atom. The first-order valence-corrected chi connectivity index (χ1v) is 14.8. The van der Waals surface area contributed by atoms with Crippen LogP contribution < -0.4 is 16.4 Å². The minimum atomic E-state index is -0.960. The molecule has 2 aliphatic heterocycles. The molecule has 4 atom stereocenters. The largest absolute Gasteiger partial charge is 0.480 e. The van der Waals surface area contributed by atoms with E-state index in [2.05, 4.69) is 16.7 Å². The molecule has 0 aliphatic carbocycles. The standard InChI is InChI=1S/C13H14ClN3O.C10H17NO4.C8H7ClN2/c14-10-4-1-3-9(7-10)12(8-15)17-13(18)11-5-2-6-16-11;1-10(2,3)15-9(14)11-6-4-5-7(11)8(12)13;9-7-3-1-2-6(4-7)8(11)5-10/h1,3-4,7,11-12,16H,2,5-6H2,(H,17,18);7H,4-6H2,1-3H3,(H,12,13);1-4,8H,11H2/t11-,12?;7-;/m00./s1. The van der Waals surface area contributed by atoms with Crippen molar-refractivity contribution in [1.82, 2.24) is 15.5 Å². The second kappa shape index (κ2) is 17.4. The Morgan fingerprint density at radius 1 is 1.05 bits per heavy atom. The van der Waals surface area contributed by atoms with Gasteiger partial charge in [0.1, 0.15) is 23.7 Å². The molecule has 2 aromatic carbocycles. The van der Waals surface area contributed by atoms with Crippen molar-refractivity contribution >= 4 is 41.2 Å². The van der Waals surface area contributed by atoms with Gasteiger partial charge in [-0.1, -0.05) is 47.5 Å². The first-order valence-electron chi connectivity index (χ1n) is 14.1. The average molecular weight is 646 g/mol. The van der Waals surface area contributed by atoms with E-state index in [9.17, 15) is 14.4 Å². The van der Waals surface area contributed by atoms with Gasteiger partial charge in [0, 0.05) is 16.6 Å². The van der Waals surface area contributed by atoms with E-state index in [0.29, 0.717) is 28.6 Å². The Bertz CT molecular complexity index is 1360. The molecule has 2 amide bonds. The zero-order chi connectivity index (χ0) is 32.9. The Labute approximate surface area is 267 Å². The maximum Gasteiger partial charge on any atom is 0.411 e. The molecule has 2 fully saturated rings. The summed E-state index contributed by atoms with van der Waals surface area (Å²) in [6, 6.07) is 15.8. The second-order valence-corrected chi connectivity index (χ2v) is 12.0. The Balaban J connectivity index is 0.000000237. The molecule has 2 heterocycles. The number of likely N-dealkylation sites (tertiary alicyclic amines) is 1. The molecule has 44 heavy (non-hydrogen) atoms. The van der Waals surface area contributed by atoms with E-state index in [1.807, 2.05) is 6.07 Å². The zero-order valence-corrected chi connectivity index (χ0v) is 26.4. The molecule has 0 saturated carbocycles. The summed E-state index contributed by atoms with van der Waals surface area (Å²) in [6.45, 7) is 6.60. The summed E-state index contributed by atoms with van der Waals surface area (Å²) in [6.07, 6.45) is 2.50. The van der Waals surface area contributed by atoms with Crippen LogP contribution in [-0.4, -0.2) is 58.8 Å². The fourth-order valence-electron chi connectivity index (χ4n) is 4.36. The van der Waals surface area contributed by atoms with Gasteiger partial charge in [-0.05, 0) is 88.4 Å². The second-order valence-electron chi connectivity index (χ2n) is 11.1. The van der Waals surface area contributed by atoms with Crippen LogP contribution in [0.2, 0.25) is 10.0 Å². The first kappa shape index (κ1) is 36.3.